The van der Waals surface area contributed by atoms with Crippen LogP contribution in [0.4, 0.5) is 10.5 Å². The smallest absolute Gasteiger partial charge is 0.319 e. The lowest BCUT2D eigenvalue weighted by molar-refractivity contribution is 0.238. The van der Waals surface area contributed by atoms with Gasteiger partial charge >= 0.3 is 6.03 Å². The van der Waals surface area contributed by atoms with E-state index in [4.69, 9.17) is 5.11 Å². The van der Waals surface area contributed by atoms with E-state index in [0.29, 0.717) is 0 Å². The van der Waals surface area contributed by atoms with Crippen molar-refractivity contribution >= 4 is 23.1 Å². The van der Waals surface area contributed by atoms with Crippen LogP contribution in [0, 0.1) is 5.92 Å². The number of carbonyl (C=O) groups excluding carboxylic acids is 1. The van der Waals surface area contributed by atoms with E-state index < -0.39 is 0 Å². The number of hydrogen-bond acceptors (Lipinski definition) is 3. The van der Waals surface area contributed by atoms with Crippen LogP contribution in [0.25, 0.3) is 10.4 Å². The van der Waals surface area contributed by atoms with Gasteiger partial charge in [0.15, 0.2) is 0 Å². The van der Waals surface area contributed by atoms with Crippen molar-refractivity contribution in [1.82, 2.24) is 5.32 Å². The highest BCUT2D eigenvalue weighted by atomic mass is 32.1. The zero-order chi connectivity index (χ0) is 15.4. The van der Waals surface area contributed by atoms with Crippen molar-refractivity contribution in [3.05, 3.63) is 53.9 Å². The van der Waals surface area contributed by atoms with Crippen molar-refractivity contribution in [3.63, 3.8) is 0 Å². The largest absolute Gasteiger partial charge is 0.396 e. The van der Waals surface area contributed by atoms with Gasteiger partial charge in [0, 0.05) is 29.1 Å². The second-order valence-electron chi connectivity index (χ2n) is 5.33. The second-order valence-corrected chi connectivity index (χ2v) is 6.27. The molecular weight excluding hydrogens is 296 g/mol. The molecule has 0 saturated heterocycles. The number of aliphatic hydroxyl groups excluding tert-OH is 1. The summed E-state index contributed by atoms with van der Waals surface area (Å²) >= 11 is 1.67. The van der Waals surface area contributed by atoms with E-state index in [1.165, 1.54) is 4.88 Å². The first kappa shape index (κ1) is 14.8. The Morgan fingerprint density at radius 3 is 2.91 bits per heavy atom. The molecule has 1 aromatic heterocycles. The third-order valence-corrected chi connectivity index (χ3v) is 4.57. The first-order valence-electron chi connectivity index (χ1n) is 7.25. The standard InChI is InChI=1S/C17H18N2O2S/c20-11-12-6-7-15(9-12)19-17(21)18-14-4-1-3-13(10-14)16-5-2-8-22-16/h1-8,10,12,15,20H,9,11H2,(H2,18,19,21)/t12-,15+/m0/s1. The molecule has 0 spiro atoms. The predicted molar refractivity (Wildman–Crippen MR) is 90.0 cm³/mol. The van der Waals surface area contributed by atoms with Crippen LogP contribution in [0.15, 0.2) is 53.9 Å². The van der Waals surface area contributed by atoms with Crippen molar-refractivity contribution in [2.45, 2.75) is 12.5 Å². The summed E-state index contributed by atoms with van der Waals surface area (Å²) in [6.45, 7) is 0.124. The normalized spacial score (nSPS) is 20.0. The van der Waals surface area contributed by atoms with Crippen LogP contribution in [0.2, 0.25) is 0 Å². The molecular formula is C17H18N2O2S. The minimum Gasteiger partial charge on any atom is -0.396 e. The van der Waals surface area contributed by atoms with E-state index in [9.17, 15) is 4.79 Å². The van der Waals surface area contributed by atoms with Crippen LogP contribution in [-0.4, -0.2) is 23.8 Å². The number of benzene rings is 1. The Bertz CT molecular complexity index is 667. The summed E-state index contributed by atoms with van der Waals surface area (Å²) in [4.78, 5) is 13.2. The molecule has 0 radical (unpaired) electrons. The van der Waals surface area contributed by atoms with Crippen molar-refractivity contribution in [2.75, 3.05) is 11.9 Å². The van der Waals surface area contributed by atoms with Crippen molar-refractivity contribution < 1.29 is 9.90 Å². The van der Waals surface area contributed by atoms with E-state index in [0.717, 1.165) is 17.7 Å². The maximum Gasteiger partial charge on any atom is 0.319 e. The van der Waals surface area contributed by atoms with Crippen LogP contribution in [0.5, 0.6) is 0 Å². The zero-order valence-electron chi connectivity index (χ0n) is 12.0. The fourth-order valence-corrected chi connectivity index (χ4v) is 3.27. The van der Waals surface area contributed by atoms with E-state index in [-0.39, 0.29) is 24.6 Å². The maximum absolute atomic E-state index is 12.0. The van der Waals surface area contributed by atoms with Crippen LogP contribution in [0.3, 0.4) is 0 Å². The minimum atomic E-state index is -0.225. The van der Waals surface area contributed by atoms with Gasteiger partial charge in [0.1, 0.15) is 0 Å². The Morgan fingerprint density at radius 1 is 1.27 bits per heavy atom. The number of hydrogen-bond donors (Lipinski definition) is 3. The fraction of sp³-hybridized carbons (Fsp3) is 0.235. The van der Waals surface area contributed by atoms with Gasteiger partial charge in [0.25, 0.3) is 0 Å². The molecule has 0 fully saturated rings. The zero-order valence-corrected chi connectivity index (χ0v) is 12.8. The predicted octanol–water partition coefficient (Wildman–Crippen LogP) is 3.47. The van der Waals surface area contributed by atoms with Gasteiger partial charge in [-0.05, 0) is 35.6 Å². The van der Waals surface area contributed by atoms with Gasteiger partial charge in [-0.2, -0.15) is 0 Å². The quantitative estimate of drug-likeness (QED) is 0.757. The van der Waals surface area contributed by atoms with E-state index in [1.54, 1.807) is 11.3 Å². The summed E-state index contributed by atoms with van der Waals surface area (Å²) in [5.41, 5.74) is 1.86. The first-order valence-corrected chi connectivity index (χ1v) is 8.13. The van der Waals surface area contributed by atoms with Gasteiger partial charge in [-0.25, -0.2) is 4.79 Å². The SMILES string of the molecule is O=C(Nc1cccc(-c2cccs2)c1)N[C@@H]1C=C[C@H](CO)C1. The summed E-state index contributed by atoms with van der Waals surface area (Å²) in [6, 6.07) is 11.6. The van der Waals surface area contributed by atoms with E-state index in [1.807, 2.05) is 47.9 Å². The first-order chi connectivity index (χ1) is 10.7. The van der Waals surface area contributed by atoms with E-state index in [2.05, 4.69) is 16.7 Å². The molecule has 0 saturated carbocycles. The van der Waals surface area contributed by atoms with Crippen LogP contribution < -0.4 is 10.6 Å². The minimum absolute atomic E-state index is 0.0161. The number of aliphatic hydroxyl groups is 1. The molecule has 3 N–H and O–H groups in total. The Hall–Kier alpha value is -2.11. The third-order valence-electron chi connectivity index (χ3n) is 3.65. The molecule has 2 atom stereocenters. The molecule has 0 bridgehead atoms. The van der Waals surface area contributed by atoms with Gasteiger partial charge < -0.3 is 15.7 Å². The highest BCUT2D eigenvalue weighted by Gasteiger charge is 2.19. The summed E-state index contributed by atoms with van der Waals surface area (Å²) in [7, 11) is 0. The monoisotopic (exact) mass is 314 g/mol. The van der Waals surface area contributed by atoms with Crippen LogP contribution in [0.1, 0.15) is 6.42 Å². The Morgan fingerprint density at radius 2 is 2.18 bits per heavy atom. The molecule has 2 aromatic rings. The number of carbonyl (C=O) groups is 1. The molecule has 0 unspecified atom stereocenters. The third kappa shape index (κ3) is 3.55. The number of anilines is 1. The van der Waals surface area contributed by atoms with Gasteiger partial charge in [0.2, 0.25) is 0 Å². The highest BCUT2D eigenvalue weighted by molar-refractivity contribution is 7.13. The lowest BCUT2D eigenvalue weighted by atomic mass is 10.1. The lowest BCUT2D eigenvalue weighted by Crippen LogP contribution is -2.36. The molecule has 1 aromatic carbocycles. The second kappa shape index (κ2) is 6.77. The molecule has 4 nitrogen and oxygen atoms in total. The van der Waals surface area contributed by atoms with Crippen molar-refractivity contribution in [2.24, 2.45) is 5.92 Å². The number of rotatable bonds is 4. The summed E-state index contributed by atoms with van der Waals surface area (Å²) < 4.78 is 0. The molecule has 114 valence electrons. The van der Waals surface area contributed by atoms with E-state index >= 15 is 0 Å². The molecule has 22 heavy (non-hydrogen) atoms. The molecule has 1 aliphatic carbocycles. The highest BCUT2D eigenvalue weighted by Crippen LogP contribution is 2.26. The topological polar surface area (TPSA) is 61.4 Å². The summed E-state index contributed by atoms with van der Waals surface area (Å²) in [5, 5.41) is 16.9. The van der Waals surface area contributed by atoms with Gasteiger partial charge in [0.05, 0.1) is 0 Å². The Balaban J connectivity index is 1.60. The Labute approximate surface area is 133 Å². The number of amides is 2. The average Bonchev–Trinajstić information content (AvgIpc) is 3.18. The number of thiophene rings is 1. The molecule has 5 heteroatoms. The van der Waals surface area contributed by atoms with Crippen molar-refractivity contribution in [3.8, 4) is 10.4 Å². The molecule has 0 aliphatic heterocycles. The number of nitrogens with one attached hydrogen (secondary N) is 2. The van der Waals surface area contributed by atoms with Gasteiger partial charge in [-0.1, -0.05) is 30.4 Å². The van der Waals surface area contributed by atoms with Gasteiger partial charge in [-0.3, -0.25) is 0 Å². The van der Waals surface area contributed by atoms with Crippen LogP contribution in [-0.2, 0) is 0 Å². The van der Waals surface area contributed by atoms with Gasteiger partial charge in [-0.15, -0.1) is 11.3 Å². The average molecular weight is 314 g/mol. The fourth-order valence-electron chi connectivity index (χ4n) is 2.55. The molecule has 3 rings (SSSR count). The summed E-state index contributed by atoms with van der Waals surface area (Å²) in [5.74, 6) is 0.146. The molecule has 1 aliphatic rings. The maximum atomic E-state index is 12.0. The number of urea groups is 1. The van der Waals surface area contributed by atoms with Crippen molar-refractivity contribution in [1.29, 1.82) is 0 Å². The lowest BCUT2D eigenvalue weighted by Gasteiger charge is -2.14. The summed E-state index contributed by atoms with van der Waals surface area (Å²) in [6.07, 6.45) is 4.63. The van der Waals surface area contributed by atoms with Crippen LogP contribution >= 0.6 is 11.3 Å². The Kier molecular flexibility index (Phi) is 4.56. The molecule has 1 heterocycles. The molecule has 2 amide bonds.